The highest BCUT2D eigenvalue weighted by Crippen LogP contribution is 2.52. The molecule has 0 saturated heterocycles. The highest BCUT2D eigenvalue weighted by molar-refractivity contribution is 6.01. The molecule has 0 aromatic heterocycles. The van der Waals surface area contributed by atoms with Crippen LogP contribution < -0.4 is 4.90 Å². The average molecular weight is 640 g/mol. The molecule has 0 spiro atoms. The summed E-state index contributed by atoms with van der Waals surface area (Å²) in [6, 6.07) is 68.5. The highest BCUT2D eigenvalue weighted by Gasteiger charge is 2.36. The third kappa shape index (κ3) is 4.94. The third-order valence-electron chi connectivity index (χ3n) is 10.5. The van der Waals surface area contributed by atoms with Crippen molar-refractivity contribution in [2.45, 2.75) is 19.3 Å². The first-order chi connectivity index (χ1) is 24.6. The maximum Gasteiger partial charge on any atom is 0.0540 e. The van der Waals surface area contributed by atoms with Crippen molar-refractivity contribution in [3.8, 4) is 44.5 Å². The van der Waals surface area contributed by atoms with E-state index in [1.807, 2.05) is 0 Å². The largest absolute Gasteiger partial charge is 0.310 e. The Morgan fingerprint density at radius 3 is 1.68 bits per heavy atom. The fraction of sp³-hybridized carbons (Fsp3) is 0.0612. The Morgan fingerprint density at radius 2 is 0.940 bits per heavy atom. The standard InChI is InChI=1S/C49H37N/c1-49(2)46-23-13-11-21-43(46)45-31-27-37-33-39(30-32-41(37)48(45)49)50(38-28-25-35(26-29-38)34-15-5-3-6-16-34)47-24-14-12-22-44(47)42-20-10-9-19-40(42)36-17-7-4-8-18-36/h3-33H,1-2H3. The van der Waals surface area contributed by atoms with E-state index in [1.165, 1.54) is 66.4 Å². The van der Waals surface area contributed by atoms with Crippen LogP contribution >= 0.6 is 0 Å². The summed E-state index contributed by atoms with van der Waals surface area (Å²) in [5.41, 5.74) is 16.1. The molecule has 0 radical (unpaired) electrons. The smallest absolute Gasteiger partial charge is 0.0540 e. The summed E-state index contributed by atoms with van der Waals surface area (Å²) >= 11 is 0. The summed E-state index contributed by atoms with van der Waals surface area (Å²) in [6.07, 6.45) is 0. The zero-order valence-corrected chi connectivity index (χ0v) is 28.3. The van der Waals surface area contributed by atoms with Crippen molar-refractivity contribution in [3.63, 3.8) is 0 Å². The summed E-state index contributed by atoms with van der Waals surface area (Å²) in [4.78, 5) is 2.43. The Kier molecular flexibility index (Phi) is 7.21. The predicted octanol–water partition coefficient (Wildman–Crippen LogP) is 13.6. The van der Waals surface area contributed by atoms with Gasteiger partial charge in [0.25, 0.3) is 0 Å². The Morgan fingerprint density at radius 1 is 0.380 bits per heavy atom. The molecule has 8 aromatic carbocycles. The first kappa shape index (κ1) is 29.9. The maximum absolute atomic E-state index is 2.43. The van der Waals surface area contributed by atoms with Gasteiger partial charge in [-0.2, -0.15) is 0 Å². The van der Waals surface area contributed by atoms with Gasteiger partial charge < -0.3 is 4.90 Å². The molecule has 1 aliphatic rings. The van der Waals surface area contributed by atoms with Gasteiger partial charge in [-0.15, -0.1) is 0 Å². The lowest BCUT2D eigenvalue weighted by molar-refractivity contribution is 0.666. The fourth-order valence-electron chi connectivity index (χ4n) is 8.10. The van der Waals surface area contributed by atoms with Gasteiger partial charge in [-0.25, -0.2) is 0 Å². The monoisotopic (exact) mass is 639 g/mol. The van der Waals surface area contributed by atoms with Gasteiger partial charge >= 0.3 is 0 Å². The minimum absolute atomic E-state index is 0.0757. The molecular weight excluding hydrogens is 603 g/mol. The van der Waals surface area contributed by atoms with Crippen LogP contribution in [0.1, 0.15) is 25.0 Å². The molecule has 0 atom stereocenters. The molecule has 0 heterocycles. The number of hydrogen-bond acceptors (Lipinski definition) is 1. The van der Waals surface area contributed by atoms with Crippen molar-refractivity contribution in [3.05, 3.63) is 199 Å². The van der Waals surface area contributed by atoms with Gasteiger partial charge in [-0.1, -0.05) is 172 Å². The minimum atomic E-state index is -0.0757. The molecule has 9 rings (SSSR count). The van der Waals surface area contributed by atoms with Crippen LogP contribution in [0, 0.1) is 0 Å². The quantitative estimate of drug-likeness (QED) is 0.175. The predicted molar refractivity (Wildman–Crippen MR) is 213 cm³/mol. The fourth-order valence-corrected chi connectivity index (χ4v) is 8.10. The van der Waals surface area contributed by atoms with Gasteiger partial charge in [0.05, 0.1) is 5.69 Å². The summed E-state index contributed by atoms with van der Waals surface area (Å²) in [5.74, 6) is 0. The van der Waals surface area contributed by atoms with Gasteiger partial charge in [0.1, 0.15) is 0 Å². The number of hydrogen-bond donors (Lipinski definition) is 0. The number of rotatable bonds is 6. The Balaban J connectivity index is 1.24. The second-order valence-electron chi connectivity index (χ2n) is 13.7. The number of nitrogens with zero attached hydrogens (tertiary/aromatic N) is 1. The molecule has 0 bridgehead atoms. The Labute approximate surface area is 294 Å². The van der Waals surface area contributed by atoms with Crippen LogP contribution in [0.4, 0.5) is 17.1 Å². The van der Waals surface area contributed by atoms with E-state index in [9.17, 15) is 0 Å². The van der Waals surface area contributed by atoms with Crippen LogP contribution in [-0.4, -0.2) is 0 Å². The molecule has 50 heavy (non-hydrogen) atoms. The molecule has 0 aliphatic heterocycles. The number of benzene rings is 8. The van der Waals surface area contributed by atoms with Crippen LogP contribution in [0.2, 0.25) is 0 Å². The SMILES string of the molecule is CC1(C)c2ccccc2-c2ccc3cc(N(c4ccc(-c5ccccc5)cc4)c4ccccc4-c4ccccc4-c4ccccc4)ccc3c21. The maximum atomic E-state index is 2.43. The number of fused-ring (bicyclic) bond motifs is 5. The topological polar surface area (TPSA) is 3.24 Å². The zero-order chi connectivity index (χ0) is 33.7. The second kappa shape index (κ2) is 12.1. The van der Waals surface area contributed by atoms with Crippen molar-refractivity contribution in [1.29, 1.82) is 0 Å². The van der Waals surface area contributed by atoms with Crippen molar-refractivity contribution in [2.24, 2.45) is 0 Å². The van der Waals surface area contributed by atoms with E-state index in [0.717, 1.165) is 17.1 Å². The van der Waals surface area contributed by atoms with Gasteiger partial charge in [0.2, 0.25) is 0 Å². The Hall–Kier alpha value is -6.18. The highest BCUT2D eigenvalue weighted by atomic mass is 15.1. The molecule has 1 aliphatic carbocycles. The number of anilines is 3. The van der Waals surface area contributed by atoms with Crippen molar-refractivity contribution < 1.29 is 0 Å². The average Bonchev–Trinajstić information content (AvgIpc) is 3.42. The first-order valence-corrected chi connectivity index (χ1v) is 17.4. The van der Waals surface area contributed by atoms with Crippen LogP contribution in [0.25, 0.3) is 55.3 Å². The first-order valence-electron chi connectivity index (χ1n) is 17.4. The van der Waals surface area contributed by atoms with E-state index in [4.69, 9.17) is 0 Å². The van der Waals surface area contributed by atoms with Gasteiger partial charge in [0, 0.05) is 22.4 Å². The van der Waals surface area contributed by atoms with E-state index in [0.29, 0.717) is 0 Å². The second-order valence-corrected chi connectivity index (χ2v) is 13.7. The van der Waals surface area contributed by atoms with Crippen LogP contribution in [0.15, 0.2) is 188 Å². The summed E-state index contributed by atoms with van der Waals surface area (Å²) < 4.78 is 0. The molecule has 1 nitrogen and oxygen atoms in total. The van der Waals surface area contributed by atoms with Gasteiger partial charge in [-0.05, 0) is 91.2 Å². The lowest BCUT2D eigenvalue weighted by atomic mass is 9.80. The Bertz CT molecular complexity index is 2490. The van der Waals surface area contributed by atoms with E-state index < -0.39 is 0 Å². The van der Waals surface area contributed by atoms with E-state index in [2.05, 4.69) is 207 Å². The molecule has 238 valence electrons. The van der Waals surface area contributed by atoms with Crippen molar-refractivity contribution in [2.75, 3.05) is 4.90 Å². The van der Waals surface area contributed by atoms with Crippen LogP contribution in [0.5, 0.6) is 0 Å². The molecule has 0 N–H and O–H groups in total. The number of para-hydroxylation sites is 1. The van der Waals surface area contributed by atoms with E-state index in [-0.39, 0.29) is 5.41 Å². The molecule has 0 amide bonds. The molecule has 0 fully saturated rings. The molecule has 1 heteroatoms. The molecule has 8 aromatic rings. The van der Waals surface area contributed by atoms with Crippen LogP contribution in [-0.2, 0) is 5.41 Å². The van der Waals surface area contributed by atoms with Crippen molar-refractivity contribution in [1.82, 2.24) is 0 Å². The summed E-state index contributed by atoms with van der Waals surface area (Å²) in [6.45, 7) is 4.73. The van der Waals surface area contributed by atoms with Crippen molar-refractivity contribution >= 4 is 27.8 Å². The minimum Gasteiger partial charge on any atom is -0.310 e. The molecule has 0 saturated carbocycles. The third-order valence-corrected chi connectivity index (χ3v) is 10.5. The van der Waals surface area contributed by atoms with E-state index in [1.54, 1.807) is 0 Å². The van der Waals surface area contributed by atoms with Gasteiger partial charge in [-0.3, -0.25) is 0 Å². The zero-order valence-electron chi connectivity index (χ0n) is 28.3. The summed E-state index contributed by atoms with van der Waals surface area (Å²) in [7, 11) is 0. The van der Waals surface area contributed by atoms with Crippen LogP contribution in [0.3, 0.4) is 0 Å². The normalized spacial score (nSPS) is 12.8. The lowest BCUT2D eigenvalue weighted by Crippen LogP contribution is -2.15. The van der Waals surface area contributed by atoms with E-state index >= 15 is 0 Å². The molecular formula is C49H37N. The van der Waals surface area contributed by atoms with Gasteiger partial charge in [0.15, 0.2) is 0 Å². The summed E-state index contributed by atoms with van der Waals surface area (Å²) in [5, 5.41) is 2.56. The molecule has 0 unspecified atom stereocenters. The lowest BCUT2D eigenvalue weighted by Gasteiger charge is -2.29.